The zero-order valence-corrected chi connectivity index (χ0v) is 10.9. The minimum absolute atomic E-state index is 0.0463. The normalized spacial score (nSPS) is 20.4. The molecule has 0 spiro atoms. The fourth-order valence-electron chi connectivity index (χ4n) is 2.02. The molecule has 0 radical (unpaired) electrons. The van der Waals surface area contributed by atoms with E-state index in [1.165, 1.54) is 0 Å². The number of amides is 1. The predicted octanol–water partition coefficient (Wildman–Crippen LogP) is 1.62. The topological polar surface area (TPSA) is 50.4 Å². The van der Waals surface area contributed by atoms with Gasteiger partial charge in [0.15, 0.2) is 0 Å². The highest BCUT2D eigenvalue weighted by Crippen LogP contribution is 2.19. The van der Waals surface area contributed by atoms with Gasteiger partial charge >= 0.3 is 0 Å². The van der Waals surface area contributed by atoms with E-state index in [0.717, 1.165) is 30.8 Å². The lowest BCUT2D eigenvalue weighted by molar-refractivity contribution is -0.122. The van der Waals surface area contributed by atoms with Gasteiger partial charge in [0.2, 0.25) is 5.91 Å². The molecule has 0 aromatic heterocycles. The lowest BCUT2D eigenvalue weighted by Gasteiger charge is -2.16. The third-order valence-corrected chi connectivity index (χ3v) is 2.85. The standard InChI is InChI=1S/C14H20N2O2/c1-10(2)18-12-6-4-11(5-7-12)13-14(17)16-9-3-8-15-13/h4-7,10,13,15H,3,8-9H2,1-2H3,(H,16,17). The van der Waals surface area contributed by atoms with Gasteiger partial charge in [-0.05, 0) is 44.5 Å². The second kappa shape index (κ2) is 5.87. The van der Waals surface area contributed by atoms with E-state index in [0.29, 0.717) is 0 Å². The van der Waals surface area contributed by atoms with E-state index in [-0.39, 0.29) is 18.1 Å². The highest BCUT2D eigenvalue weighted by molar-refractivity contribution is 5.83. The minimum atomic E-state index is -0.249. The number of benzene rings is 1. The first-order valence-electron chi connectivity index (χ1n) is 6.44. The number of hydrogen-bond acceptors (Lipinski definition) is 3. The number of rotatable bonds is 3. The summed E-state index contributed by atoms with van der Waals surface area (Å²) in [5, 5.41) is 6.16. The molecular formula is C14H20N2O2. The molecule has 18 heavy (non-hydrogen) atoms. The summed E-state index contributed by atoms with van der Waals surface area (Å²) >= 11 is 0. The van der Waals surface area contributed by atoms with Gasteiger partial charge in [-0.2, -0.15) is 0 Å². The summed E-state index contributed by atoms with van der Waals surface area (Å²) < 4.78 is 5.59. The smallest absolute Gasteiger partial charge is 0.241 e. The van der Waals surface area contributed by atoms with E-state index in [2.05, 4.69) is 10.6 Å². The van der Waals surface area contributed by atoms with Gasteiger partial charge in [-0.1, -0.05) is 12.1 Å². The van der Waals surface area contributed by atoms with Gasteiger partial charge < -0.3 is 15.4 Å². The Morgan fingerprint density at radius 1 is 1.22 bits per heavy atom. The quantitative estimate of drug-likeness (QED) is 0.854. The van der Waals surface area contributed by atoms with Crippen molar-refractivity contribution in [2.24, 2.45) is 0 Å². The van der Waals surface area contributed by atoms with Crippen molar-refractivity contribution in [2.75, 3.05) is 13.1 Å². The first kappa shape index (κ1) is 12.9. The number of carbonyl (C=O) groups excluding carboxylic acids is 1. The summed E-state index contributed by atoms with van der Waals surface area (Å²) in [6, 6.07) is 7.46. The summed E-state index contributed by atoms with van der Waals surface area (Å²) in [5.41, 5.74) is 0.977. The lowest BCUT2D eigenvalue weighted by atomic mass is 10.1. The largest absolute Gasteiger partial charge is 0.491 e. The van der Waals surface area contributed by atoms with Crippen LogP contribution in [0.5, 0.6) is 5.75 Å². The van der Waals surface area contributed by atoms with Crippen molar-refractivity contribution in [1.82, 2.24) is 10.6 Å². The zero-order chi connectivity index (χ0) is 13.0. The molecule has 1 aliphatic heterocycles. The van der Waals surface area contributed by atoms with E-state index in [9.17, 15) is 4.79 Å². The van der Waals surface area contributed by atoms with Crippen molar-refractivity contribution in [3.05, 3.63) is 29.8 Å². The first-order valence-corrected chi connectivity index (χ1v) is 6.44. The highest BCUT2D eigenvalue weighted by Gasteiger charge is 2.21. The summed E-state index contributed by atoms with van der Waals surface area (Å²) in [6.45, 7) is 5.59. The Bertz CT molecular complexity index is 401. The van der Waals surface area contributed by atoms with E-state index >= 15 is 0 Å². The fraction of sp³-hybridized carbons (Fsp3) is 0.500. The molecule has 1 unspecified atom stereocenters. The Morgan fingerprint density at radius 3 is 2.61 bits per heavy atom. The Balaban J connectivity index is 2.10. The van der Waals surface area contributed by atoms with Crippen LogP contribution in [0, 0.1) is 0 Å². The van der Waals surface area contributed by atoms with Crippen molar-refractivity contribution in [3.63, 3.8) is 0 Å². The monoisotopic (exact) mass is 248 g/mol. The van der Waals surface area contributed by atoms with Gasteiger partial charge in [0.25, 0.3) is 0 Å². The van der Waals surface area contributed by atoms with Crippen LogP contribution in [-0.4, -0.2) is 25.1 Å². The molecule has 0 saturated carbocycles. The predicted molar refractivity (Wildman–Crippen MR) is 70.6 cm³/mol. The molecule has 4 heteroatoms. The maximum Gasteiger partial charge on any atom is 0.241 e. The minimum Gasteiger partial charge on any atom is -0.491 e. The molecule has 1 aromatic rings. The third kappa shape index (κ3) is 3.23. The Kier molecular flexibility index (Phi) is 4.20. The van der Waals surface area contributed by atoms with Gasteiger partial charge in [0.05, 0.1) is 6.10 Å². The molecular weight excluding hydrogens is 228 g/mol. The molecule has 2 rings (SSSR count). The number of hydrogen-bond donors (Lipinski definition) is 2. The number of nitrogens with one attached hydrogen (secondary N) is 2. The molecule has 1 aromatic carbocycles. The molecule has 1 atom stereocenters. The molecule has 1 fully saturated rings. The molecule has 4 nitrogen and oxygen atoms in total. The third-order valence-electron chi connectivity index (χ3n) is 2.85. The Hall–Kier alpha value is -1.55. The van der Waals surface area contributed by atoms with Crippen LogP contribution in [0.1, 0.15) is 31.9 Å². The van der Waals surface area contributed by atoms with Gasteiger partial charge in [-0.25, -0.2) is 0 Å². The van der Waals surface area contributed by atoms with Crippen LogP contribution in [0.25, 0.3) is 0 Å². The molecule has 98 valence electrons. The van der Waals surface area contributed by atoms with Crippen molar-refractivity contribution >= 4 is 5.91 Å². The van der Waals surface area contributed by atoms with Crippen LogP contribution in [-0.2, 0) is 4.79 Å². The summed E-state index contributed by atoms with van der Waals surface area (Å²) in [5.74, 6) is 0.882. The van der Waals surface area contributed by atoms with Crippen molar-refractivity contribution in [3.8, 4) is 5.75 Å². The highest BCUT2D eigenvalue weighted by atomic mass is 16.5. The van der Waals surface area contributed by atoms with Gasteiger partial charge in [-0.3, -0.25) is 4.79 Å². The second-order valence-electron chi connectivity index (χ2n) is 4.77. The SMILES string of the molecule is CC(C)Oc1ccc(C2NCCCNC2=O)cc1. The van der Waals surface area contributed by atoms with Gasteiger partial charge in [0.1, 0.15) is 11.8 Å². The van der Waals surface area contributed by atoms with Crippen LogP contribution in [0.4, 0.5) is 0 Å². The second-order valence-corrected chi connectivity index (χ2v) is 4.77. The molecule has 0 aliphatic carbocycles. The lowest BCUT2D eigenvalue weighted by Crippen LogP contribution is -2.33. The Labute approximate surface area is 108 Å². The van der Waals surface area contributed by atoms with Crippen molar-refractivity contribution < 1.29 is 9.53 Å². The summed E-state index contributed by atoms with van der Waals surface area (Å²) in [4.78, 5) is 11.9. The van der Waals surface area contributed by atoms with Gasteiger partial charge in [-0.15, -0.1) is 0 Å². The van der Waals surface area contributed by atoms with E-state index < -0.39 is 0 Å². The molecule has 0 bridgehead atoms. The fourth-order valence-corrected chi connectivity index (χ4v) is 2.02. The van der Waals surface area contributed by atoms with Crippen LogP contribution in [0.2, 0.25) is 0 Å². The van der Waals surface area contributed by atoms with Crippen LogP contribution >= 0.6 is 0 Å². The van der Waals surface area contributed by atoms with Crippen molar-refractivity contribution in [2.45, 2.75) is 32.4 Å². The first-order chi connectivity index (χ1) is 8.66. The average molecular weight is 248 g/mol. The summed E-state index contributed by atoms with van der Waals surface area (Å²) in [7, 11) is 0. The number of carbonyl (C=O) groups is 1. The van der Waals surface area contributed by atoms with Crippen LogP contribution < -0.4 is 15.4 Å². The van der Waals surface area contributed by atoms with Crippen LogP contribution in [0.3, 0.4) is 0 Å². The zero-order valence-electron chi connectivity index (χ0n) is 10.9. The maximum atomic E-state index is 11.9. The summed E-state index contributed by atoms with van der Waals surface area (Å²) in [6.07, 6.45) is 1.13. The van der Waals surface area contributed by atoms with Crippen molar-refractivity contribution in [1.29, 1.82) is 0 Å². The van der Waals surface area contributed by atoms with E-state index in [1.807, 2.05) is 38.1 Å². The Morgan fingerprint density at radius 2 is 1.94 bits per heavy atom. The average Bonchev–Trinajstić information content (AvgIpc) is 2.54. The van der Waals surface area contributed by atoms with E-state index in [4.69, 9.17) is 4.74 Å². The van der Waals surface area contributed by atoms with Crippen LogP contribution in [0.15, 0.2) is 24.3 Å². The maximum absolute atomic E-state index is 11.9. The van der Waals surface area contributed by atoms with Gasteiger partial charge in [0, 0.05) is 6.54 Å². The van der Waals surface area contributed by atoms with E-state index in [1.54, 1.807) is 0 Å². The molecule has 1 aliphatic rings. The molecule has 1 saturated heterocycles. The molecule has 1 amide bonds. The molecule has 2 N–H and O–H groups in total. The molecule has 1 heterocycles. The number of ether oxygens (including phenoxy) is 1.